The Morgan fingerprint density at radius 2 is 1.95 bits per heavy atom. The Morgan fingerprint density at radius 1 is 1.21 bits per heavy atom. The molecule has 0 unspecified atom stereocenters. The molecule has 0 aromatic heterocycles. The second kappa shape index (κ2) is 5.19. The number of carbonyl (C=O) groups excluding carboxylic acids is 1. The number of hydrogen-bond acceptors (Lipinski definition) is 2. The zero-order valence-electron chi connectivity index (χ0n) is 10.0. The van der Waals surface area contributed by atoms with Crippen LogP contribution in [0.25, 0.3) is 0 Å². The first-order valence-electron chi connectivity index (χ1n) is 5.90. The summed E-state index contributed by atoms with van der Waals surface area (Å²) in [5, 5.41) is 0. The van der Waals surface area contributed by atoms with Gasteiger partial charge in [0.15, 0.2) is 5.78 Å². The Hall–Kier alpha value is -1.59. The third kappa shape index (κ3) is 2.72. The van der Waals surface area contributed by atoms with E-state index in [9.17, 15) is 22.4 Å². The molecule has 0 N–H and O–H groups in total. The summed E-state index contributed by atoms with van der Waals surface area (Å²) < 4.78 is 55.7. The van der Waals surface area contributed by atoms with E-state index in [1.54, 1.807) is 0 Å². The molecule has 0 heterocycles. The summed E-state index contributed by atoms with van der Waals surface area (Å²) in [5.74, 6) is -0.263. The molecule has 0 fully saturated rings. The number of halogens is 4. The molecule has 2 nitrogen and oxygen atoms in total. The molecule has 0 atom stereocenters. The van der Waals surface area contributed by atoms with Crippen molar-refractivity contribution in [2.24, 2.45) is 0 Å². The summed E-state index contributed by atoms with van der Waals surface area (Å²) in [7, 11) is 0. The molecule has 104 valence electrons. The lowest BCUT2D eigenvalue weighted by Gasteiger charge is -2.15. The third-order valence-electron chi connectivity index (χ3n) is 2.99. The molecule has 0 spiro atoms. The maximum atomic E-state index is 12.8. The van der Waals surface area contributed by atoms with Gasteiger partial charge in [-0.25, -0.2) is 0 Å². The first-order valence-corrected chi connectivity index (χ1v) is 5.90. The van der Waals surface area contributed by atoms with Crippen LogP contribution < -0.4 is 4.74 Å². The van der Waals surface area contributed by atoms with Crippen LogP contribution >= 0.6 is 0 Å². The summed E-state index contributed by atoms with van der Waals surface area (Å²) >= 11 is 0. The van der Waals surface area contributed by atoms with Crippen molar-refractivity contribution in [3.8, 4) is 5.75 Å². The van der Waals surface area contributed by atoms with E-state index in [0.29, 0.717) is 5.56 Å². The van der Waals surface area contributed by atoms with Gasteiger partial charge in [0.1, 0.15) is 5.75 Å². The Morgan fingerprint density at radius 3 is 2.58 bits per heavy atom. The van der Waals surface area contributed by atoms with Crippen LogP contribution in [0.5, 0.6) is 5.75 Å². The lowest BCUT2D eigenvalue weighted by Crippen LogP contribution is -2.12. The second-order valence-corrected chi connectivity index (χ2v) is 4.28. The third-order valence-corrected chi connectivity index (χ3v) is 2.99. The molecular formula is C13H12F4O2. The SMILES string of the molecule is O=C1CCc2c(OCCCF)ccc(C(F)(F)F)c21. The van der Waals surface area contributed by atoms with E-state index in [4.69, 9.17) is 4.74 Å². The summed E-state index contributed by atoms with van der Waals surface area (Å²) in [6, 6.07) is 2.06. The maximum Gasteiger partial charge on any atom is 0.417 e. The van der Waals surface area contributed by atoms with Gasteiger partial charge in [-0.3, -0.25) is 9.18 Å². The molecular weight excluding hydrogens is 264 g/mol. The molecule has 0 aliphatic heterocycles. The van der Waals surface area contributed by atoms with Crippen molar-refractivity contribution >= 4 is 5.78 Å². The molecule has 2 rings (SSSR count). The normalized spacial score (nSPS) is 14.6. The molecule has 1 aliphatic rings. The molecule has 6 heteroatoms. The van der Waals surface area contributed by atoms with E-state index < -0.39 is 24.2 Å². The average molecular weight is 276 g/mol. The lowest BCUT2D eigenvalue weighted by molar-refractivity contribution is -0.137. The van der Waals surface area contributed by atoms with Gasteiger partial charge in [0.25, 0.3) is 0 Å². The Labute approximate surface area is 107 Å². The van der Waals surface area contributed by atoms with Gasteiger partial charge in [-0.2, -0.15) is 13.2 Å². The second-order valence-electron chi connectivity index (χ2n) is 4.28. The Balaban J connectivity index is 2.38. The summed E-state index contributed by atoms with van der Waals surface area (Å²) in [5.41, 5.74) is -0.910. The molecule has 1 aliphatic carbocycles. The van der Waals surface area contributed by atoms with Crippen molar-refractivity contribution in [3.05, 3.63) is 28.8 Å². The minimum absolute atomic E-state index is 0.0574. The van der Waals surface area contributed by atoms with Crippen molar-refractivity contribution in [1.82, 2.24) is 0 Å². The van der Waals surface area contributed by atoms with Gasteiger partial charge in [-0.05, 0) is 18.6 Å². The summed E-state index contributed by atoms with van der Waals surface area (Å²) in [6.07, 6.45) is -4.09. The number of hydrogen-bond donors (Lipinski definition) is 0. The number of ketones is 1. The zero-order chi connectivity index (χ0) is 14.0. The molecule has 1 aromatic rings. The van der Waals surface area contributed by atoms with Crippen molar-refractivity contribution in [2.45, 2.75) is 25.4 Å². The van der Waals surface area contributed by atoms with Crippen LogP contribution in [0.3, 0.4) is 0 Å². The number of alkyl halides is 4. The highest BCUT2D eigenvalue weighted by Crippen LogP contribution is 2.40. The molecule has 0 saturated carbocycles. The first-order chi connectivity index (χ1) is 8.95. The molecule has 0 radical (unpaired) electrons. The van der Waals surface area contributed by atoms with E-state index >= 15 is 0 Å². The van der Waals surface area contributed by atoms with E-state index in [2.05, 4.69) is 0 Å². The van der Waals surface area contributed by atoms with Crippen LogP contribution in [0.1, 0.15) is 34.3 Å². The average Bonchev–Trinajstić information content (AvgIpc) is 2.71. The highest BCUT2D eigenvalue weighted by Gasteiger charge is 2.39. The number of fused-ring (bicyclic) bond motifs is 1. The van der Waals surface area contributed by atoms with Gasteiger partial charge < -0.3 is 4.74 Å². The van der Waals surface area contributed by atoms with Crippen molar-refractivity contribution in [1.29, 1.82) is 0 Å². The van der Waals surface area contributed by atoms with Crippen molar-refractivity contribution in [2.75, 3.05) is 13.3 Å². The van der Waals surface area contributed by atoms with Gasteiger partial charge >= 0.3 is 6.18 Å². The minimum atomic E-state index is -4.55. The molecule has 0 saturated heterocycles. The van der Waals surface area contributed by atoms with Crippen LogP contribution in [0.2, 0.25) is 0 Å². The monoisotopic (exact) mass is 276 g/mol. The minimum Gasteiger partial charge on any atom is -0.493 e. The van der Waals surface area contributed by atoms with Gasteiger partial charge in [-0.1, -0.05) is 0 Å². The van der Waals surface area contributed by atoms with E-state index in [1.165, 1.54) is 6.07 Å². The predicted octanol–water partition coefficient (Wildman–Crippen LogP) is 3.57. The number of ether oxygens (including phenoxy) is 1. The van der Waals surface area contributed by atoms with Crippen molar-refractivity contribution in [3.63, 3.8) is 0 Å². The number of rotatable bonds is 4. The smallest absolute Gasteiger partial charge is 0.417 e. The van der Waals surface area contributed by atoms with Crippen molar-refractivity contribution < 1.29 is 27.1 Å². The van der Waals surface area contributed by atoms with Gasteiger partial charge in [0, 0.05) is 24.0 Å². The molecule has 0 amide bonds. The topological polar surface area (TPSA) is 26.3 Å². The zero-order valence-corrected chi connectivity index (χ0v) is 10.0. The lowest BCUT2D eigenvalue weighted by atomic mass is 10.0. The fraction of sp³-hybridized carbons (Fsp3) is 0.462. The number of Topliss-reactive ketones (excluding diaryl/α,β-unsaturated/α-hetero) is 1. The van der Waals surface area contributed by atoms with E-state index in [1.807, 2.05) is 0 Å². The Kier molecular flexibility index (Phi) is 3.78. The highest BCUT2D eigenvalue weighted by atomic mass is 19.4. The van der Waals surface area contributed by atoms with Crippen LogP contribution in [0.4, 0.5) is 17.6 Å². The fourth-order valence-corrected chi connectivity index (χ4v) is 2.17. The van der Waals surface area contributed by atoms with Gasteiger partial charge in [-0.15, -0.1) is 0 Å². The molecule has 19 heavy (non-hydrogen) atoms. The van der Waals surface area contributed by atoms with E-state index in [-0.39, 0.29) is 37.2 Å². The number of carbonyl (C=O) groups is 1. The largest absolute Gasteiger partial charge is 0.493 e. The maximum absolute atomic E-state index is 12.8. The standard InChI is InChI=1S/C13H12F4O2/c14-6-1-7-19-11-5-3-9(13(15,16)17)12-8(11)2-4-10(12)18/h3,5H,1-2,4,6-7H2. The van der Waals surface area contributed by atoms with Crippen LogP contribution in [0, 0.1) is 0 Å². The summed E-state index contributed by atoms with van der Waals surface area (Å²) in [6.45, 7) is -0.468. The molecule has 0 bridgehead atoms. The van der Waals surface area contributed by atoms with Gasteiger partial charge in [0.05, 0.1) is 18.8 Å². The molecule has 1 aromatic carbocycles. The quantitative estimate of drug-likeness (QED) is 0.620. The van der Waals surface area contributed by atoms with Crippen LogP contribution in [-0.2, 0) is 12.6 Å². The van der Waals surface area contributed by atoms with E-state index in [0.717, 1.165) is 6.07 Å². The Bertz CT molecular complexity index is 494. The number of benzene rings is 1. The summed E-state index contributed by atoms with van der Waals surface area (Å²) in [4.78, 5) is 11.6. The fourth-order valence-electron chi connectivity index (χ4n) is 2.17. The van der Waals surface area contributed by atoms with Crippen LogP contribution in [0.15, 0.2) is 12.1 Å². The van der Waals surface area contributed by atoms with Gasteiger partial charge in [0.2, 0.25) is 0 Å². The first kappa shape index (κ1) is 13.8. The highest BCUT2D eigenvalue weighted by molar-refractivity contribution is 6.02. The van der Waals surface area contributed by atoms with Crippen LogP contribution in [-0.4, -0.2) is 19.1 Å². The predicted molar refractivity (Wildman–Crippen MR) is 60.2 cm³/mol.